The number of ether oxygens (including phenoxy) is 1. The Balaban J connectivity index is 2.23. The van der Waals surface area contributed by atoms with E-state index in [9.17, 15) is 0 Å². The molecule has 110 valence electrons. The van der Waals surface area contributed by atoms with Gasteiger partial charge in [0.2, 0.25) is 0 Å². The molecule has 0 aliphatic heterocycles. The summed E-state index contributed by atoms with van der Waals surface area (Å²) in [5.41, 5.74) is 3.66. The first-order valence-corrected chi connectivity index (χ1v) is 8.05. The van der Waals surface area contributed by atoms with Crippen LogP contribution >= 0.6 is 27.5 Å². The van der Waals surface area contributed by atoms with Crippen LogP contribution in [0.1, 0.15) is 30.5 Å². The fourth-order valence-electron chi connectivity index (χ4n) is 2.08. The maximum Gasteiger partial charge on any atom is 0.142 e. The van der Waals surface area contributed by atoms with Crippen LogP contribution < -0.4 is 4.74 Å². The third-order valence-electron chi connectivity index (χ3n) is 3.21. The van der Waals surface area contributed by atoms with Gasteiger partial charge in [-0.1, -0.05) is 49.4 Å². The molecular weight excluding hydrogens is 348 g/mol. The average molecular weight is 366 g/mol. The van der Waals surface area contributed by atoms with E-state index in [1.807, 2.05) is 19.1 Å². The summed E-state index contributed by atoms with van der Waals surface area (Å²) in [7, 11) is 0. The van der Waals surface area contributed by atoms with Crippen molar-refractivity contribution in [1.82, 2.24) is 0 Å². The molecule has 0 aliphatic carbocycles. The van der Waals surface area contributed by atoms with E-state index in [1.165, 1.54) is 11.1 Å². The molecule has 1 nitrogen and oxygen atoms in total. The van der Waals surface area contributed by atoms with Gasteiger partial charge in [0.1, 0.15) is 5.75 Å². The van der Waals surface area contributed by atoms with Gasteiger partial charge in [0.15, 0.2) is 0 Å². The zero-order valence-corrected chi connectivity index (χ0v) is 14.6. The summed E-state index contributed by atoms with van der Waals surface area (Å²) >= 11 is 9.88. The fraction of sp³-hybridized carbons (Fsp3) is 0.222. The number of aryl methyl sites for hydroxylation is 1. The predicted octanol–water partition coefficient (Wildman–Crippen LogP) is 6.17. The van der Waals surface area contributed by atoms with Gasteiger partial charge in [-0.3, -0.25) is 0 Å². The summed E-state index contributed by atoms with van der Waals surface area (Å²) in [6.45, 7) is 7.71. The normalized spacial score (nSPS) is 10.5. The molecule has 2 aromatic carbocycles. The molecule has 0 spiro atoms. The summed E-state index contributed by atoms with van der Waals surface area (Å²) in [5, 5.41) is 0.703. The molecule has 0 unspecified atom stereocenters. The molecule has 0 heterocycles. The highest BCUT2D eigenvalue weighted by molar-refractivity contribution is 9.10. The highest BCUT2D eigenvalue weighted by atomic mass is 79.9. The molecule has 0 saturated carbocycles. The van der Waals surface area contributed by atoms with Gasteiger partial charge >= 0.3 is 0 Å². The third-order valence-corrected chi connectivity index (χ3v) is 4.18. The van der Waals surface area contributed by atoms with E-state index in [-0.39, 0.29) is 0 Å². The van der Waals surface area contributed by atoms with E-state index >= 15 is 0 Å². The van der Waals surface area contributed by atoms with Crippen molar-refractivity contribution in [3.05, 3.63) is 74.9 Å². The van der Waals surface area contributed by atoms with Crippen LogP contribution in [0.3, 0.4) is 0 Å². The Morgan fingerprint density at radius 2 is 1.81 bits per heavy atom. The van der Waals surface area contributed by atoms with E-state index in [1.54, 1.807) is 0 Å². The summed E-state index contributed by atoms with van der Waals surface area (Å²) < 4.78 is 6.42. The minimum Gasteiger partial charge on any atom is -0.461 e. The van der Waals surface area contributed by atoms with Crippen molar-refractivity contribution in [2.24, 2.45) is 0 Å². The summed E-state index contributed by atoms with van der Waals surface area (Å²) in [6, 6.07) is 12.5. The van der Waals surface area contributed by atoms with Gasteiger partial charge in [0, 0.05) is 11.1 Å². The predicted molar refractivity (Wildman–Crippen MR) is 93.2 cm³/mol. The van der Waals surface area contributed by atoms with Crippen molar-refractivity contribution >= 4 is 27.5 Å². The number of halogens is 2. The number of allylic oxidation sites excluding steroid dienone is 1. The summed E-state index contributed by atoms with van der Waals surface area (Å²) in [4.78, 5) is 0. The standard InChI is InChI=1S/C18H18BrClO/c1-4-13-5-7-14(8-6-13)9-15-10-16(19)18(11-17(15)20)21-12(2)3/h5-8,10-11H,2,4,9H2,1,3H3. The first kappa shape index (κ1) is 16.1. The molecule has 0 aromatic heterocycles. The molecular formula is C18H18BrClO. The van der Waals surface area contributed by atoms with E-state index in [2.05, 4.69) is 53.7 Å². The van der Waals surface area contributed by atoms with Crippen molar-refractivity contribution in [3.63, 3.8) is 0 Å². The smallest absolute Gasteiger partial charge is 0.142 e. The summed E-state index contributed by atoms with van der Waals surface area (Å²) in [6.07, 6.45) is 1.86. The van der Waals surface area contributed by atoms with Gasteiger partial charge in [-0.2, -0.15) is 0 Å². The Labute approximate surface area is 139 Å². The molecule has 0 atom stereocenters. The highest BCUT2D eigenvalue weighted by Crippen LogP contribution is 2.33. The lowest BCUT2D eigenvalue weighted by Crippen LogP contribution is -1.94. The zero-order chi connectivity index (χ0) is 15.4. The van der Waals surface area contributed by atoms with Crippen LogP contribution in [0.5, 0.6) is 5.75 Å². The monoisotopic (exact) mass is 364 g/mol. The van der Waals surface area contributed by atoms with Gasteiger partial charge < -0.3 is 4.74 Å². The number of hydrogen-bond acceptors (Lipinski definition) is 1. The number of rotatable bonds is 5. The molecule has 0 aliphatic rings. The quantitative estimate of drug-likeness (QED) is 0.576. The Morgan fingerprint density at radius 3 is 2.38 bits per heavy atom. The van der Waals surface area contributed by atoms with Crippen molar-refractivity contribution in [1.29, 1.82) is 0 Å². The van der Waals surface area contributed by atoms with Crippen LogP contribution in [-0.4, -0.2) is 0 Å². The number of benzene rings is 2. The second kappa shape index (κ2) is 7.15. The van der Waals surface area contributed by atoms with Crippen molar-refractivity contribution < 1.29 is 4.74 Å². The average Bonchev–Trinajstić information content (AvgIpc) is 2.44. The topological polar surface area (TPSA) is 9.23 Å². The minimum absolute atomic E-state index is 0.634. The molecule has 0 amide bonds. The Kier molecular flexibility index (Phi) is 5.49. The van der Waals surface area contributed by atoms with E-state index < -0.39 is 0 Å². The molecule has 0 N–H and O–H groups in total. The second-order valence-corrected chi connectivity index (χ2v) is 6.29. The molecule has 0 saturated heterocycles. The molecule has 0 bridgehead atoms. The van der Waals surface area contributed by atoms with Gasteiger partial charge in [0.25, 0.3) is 0 Å². The first-order valence-electron chi connectivity index (χ1n) is 6.88. The molecule has 2 rings (SSSR count). The Morgan fingerprint density at radius 1 is 1.19 bits per heavy atom. The minimum atomic E-state index is 0.634. The zero-order valence-electron chi connectivity index (χ0n) is 12.2. The second-order valence-electron chi connectivity index (χ2n) is 5.02. The Hall–Kier alpha value is -1.25. The van der Waals surface area contributed by atoms with Crippen molar-refractivity contribution in [2.75, 3.05) is 0 Å². The van der Waals surface area contributed by atoms with Crippen molar-refractivity contribution in [2.45, 2.75) is 26.7 Å². The lowest BCUT2D eigenvalue weighted by molar-refractivity contribution is 0.428. The van der Waals surface area contributed by atoms with Crippen LogP contribution in [0.2, 0.25) is 5.02 Å². The van der Waals surface area contributed by atoms with Crippen LogP contribution in [0, 0.1) is 0 Å². The highest BCUT2D eigenvalue weighted by Gasteiger charge is 2.09. The van der Waals surface area contributed by atoms with Crippen LogP contribution in [0.15, 0.2) is 53.2 Å². The third kappa shape index (κ3) is 4.36. The molecule has 0 radical (unpaired) electrons. The van der Waals surface area contributed by atoms with E-state index in [0.29, 0.717) is 16.5 Å². The number of hydrogen-bond donors (Lipinski definition) is 0. The lowest BCUT2D eigenvalue weighted by atomic mass is 10.0. The molecule has 2 aromatic rings. The maximum absolute atomic E-state index is 6.36. The lowest BCUT2D eigenvalue weighted by Gasteiger charge is -2.11. The van der Waals surface area contributed by atoms with Crippen LogP contribution in [-0.2, 0) is 12.8 Å². The van der Waals surface area contributed by atoms with Gasteiger partial charge in [-0.15, -0.1) is 0 Å². The largest absolute Gasteiger partial charge is 0.461 e. The van der Waals surface area contributed by atoms with Gasteiger partial charge in [0.05, 0.1) is 10.2 Å². The van der Waals surface area contributed by atoms with Gasteiger partial charge in [-0.25, -0.2) is 0 Å². The maximum atomic E-state index is 6.36. The molecule has 21 heavy (non-hydrogen) atoms. The SMILES string of the molecule is C=C(C)Oc1cc(Cl)c(Cc2ccc(CC)cc2)cc1Br. The van der Waals surface area contributed by atoms with Crippen molar-refractivity contribution in [3.8, 4) is 5.75 Å². The molecule has 3 heteroatoms. The molecule has 0 fully saturated rings. The Bertz CT molecular complexity index is 647. The van der Waals surface area contributed by atoms with Crippen LogP contribution in [0.25, 0.3) is 0 Å². The fourth-order valence-corrected chi connectivity index (χ4v) is 2.78. The van der Waals surface area contributed by atoms with E-state index in [4.69, 9.17) is 16.3 Å². The summed E-state index contributed by atoms with van der Waals surface area (Å²) in [5.74, 6) is 1.33. The van der Waals surface area contributed by atoms with Crippen LogP contribution in [0.4, 0.5) is 0 Å². The van der Waals surface area contributed by atoms with E-state index in [0.717, 1.165) is 22.9 Å². The van der Waals surface area contributed by atoms with Gasteiger partial charge in [-0.05, 0) is 58.5 Å². The first-order chi connectivity index (χ1) is 9.99.